The molecule has 1 aliphatic heterocycles. The summed E-state index contributed by atoms with van der Waals surface area (Å²) in [6.07, 6.45) is 44.4. The second kappa shape index (κ2) is 46.7. The van der Waals surface area contributed by atoms with Crippen LogP contribution in [0.15, 0.2) is 48.6 Å². The van der Waals surface area contributed by atoms with E-state index in [9.17, 15) is 35.1 Å². The summed E-state index contributed by atoms with van der Waals surface area (Å²) in [4.78, 5) is 26.4. The molecule has 0 aliphatic carbocycles. The number of esters is 1. The Morgan fingerprint density at radius 1 is 0.580 bits per heavy atom. The first-order valence-corrected chi connectivity index (χ1v) is 28.4. The van der Waals surface area contributed by atoms with E-state index < -0.39 is 67.4 Å². The molecule has 1 rings (SSSR count). The molecule has 1 amide bonds. The zero-order valence-corrected chi connectivity index (χ0v) is 44.2. The number of unbranched alkanes of at least 4 members (excludes halogenated alkanes) is 29. The van der Waals surface area contributed by atoms with Gasteiger partial charge >= 0.3 is 5.97 Å². The van der Waals surface area contributed by atoms with Gasteiger partial charge in [-0.1, -0.05) is 243 Å². The molecule has 402 valence electrons. The average Bonchev–Trinajstić information content (AvgIpc) is 3.34. The summed E-state index contributed by atoms with van der Waals surface area (Å²) in [5.41, 5.74) is 0. The van der Waals surface area contributed by atoms with Crippen molar-refractivity contribution in [2.75, 3.05) is 13.2 Å². The number of aliphatic hydroxyl groups is 5. The van der Waals surface area contributed by atoms with Crippen molar-refractivity contribution in [3.8, 4) is 0 Å². The lowest BCUT2D eigenvalue weighted by atomic mass is 9.99. The van der Waals surface area contributed by atoms with E-state index >= 15 is 0 Å². The van der Waals surface area contributed by atoms with Gasteiger partial charge in [-0.15, -0.1) is 0 Å². The highest BCUT2D eigenvalue weighted by molar-refractivity contribution is 5.80. The number of carbonyl (C=O) groups is 2. The molecule has 0 bridgehead atoms. The van der Waals surface area contributed by atoms with Gasteiger partial charge in [0.25, 0.3) is 0 Å². The fourth-order valence-electron chi connectivity index (χ4n) is 8.77. The Labute approximate surface area is 421 Å². The number of hydrogen-bond acceptors (Lipinski definition) is 10. The fraction of sp³-hybridized carbons (Fsp3) is 0.828. The molecule has 0 aromatic rings. The van der Waals surface area contributed by atoms with Crippen LogP contribution in [0.2, 0.25) is 0 Å². The third-order valence-corrected chi connectivity index (χ3v) is 13.3. The molecule has 1 fully saturated rings. The molecular weight excluding hydrogens is 871 g/mol. The molecule has 1 saturated heterocycles. The highest BCUT2D eigenvalue weighted by atomic mass is 16.7. The predicted octanol–water partition coefficient (Wildman–Crippen LogP) is 12.5. The Bertz CT molecular complexity index is 1300. The van der Waals surface area contributed by atoms with Crippen LogP contribution in [0.25, 0.3) is 0 Å². The van der Waals surface area contributed by atoms with Crippen molar-refractivity contribution in [1.82, 2.24) is 5.32 Å². The van der Waals surface area contributed by atoms with Gasteiger partial charge in [-0.25, -0.2) is 0 Å². The quantitative estimate of drug-likeness (QED) is 0.0149. The molecule has 0 aromatic heterocycles. The lowest BCUT2D eigenvalue weighted by Gasteiger charge is -2.41. The van der Waals surface area contributed by atoms with Crippen molar-refractivity contribution in [2.24, 2.45) is 0 Å². The van der Waals surface area contributed by atoms with E-state index in [4.69, 9.17) is 14.2 Å². The largest absolute Gasteiger partial charge is 0.454 e. The number of aliphatic hydroxyl groups excluding tert-OH is 5. The minimum absolute atomic E-state index is 0.111. The number of hydrogen-bond donors (Lipinski definition) is 6. The Hall–Kier alpha value is -2.38. The standard InChI is InChI=1S/C58H105NO10/c1-4-7-10-13-16-19-22-25-26-28-31-34-37-40-43-46-53(63)69-56-55(65)54(64)52(47-60)68-58(56)67-48-49(50(61)44-41-38-35-32-29-24-21-18-15-12-9-6-3)59-57(66)51(62)45-42-39-36-33-30-27-23-20-17-14-11-8-5-2/h7,10,13,16,19,22,41,44,49-52,54-56,58,60-62,64-65H,4-6,8-9,11-12,14-15,17-18,20-21,23-40,42-43,45-48H2,1-3H3,(H,59,66)/b10-7+,16-13+,22-19+,44-41+. The summed E-state index contributed by atoms with van der Waals surface area (Å²) in [6, 6.07) is -1.02. The van der Waals surface area contributed by atoms with E-state index in [2.05, 4.69) is 56.5 Å². The van der Waals surface area contributed by atoms with Gasteiger partial charge in [0.05, 0.1) is 25.4 Å². The Kier molecular flexibility index (Phi) is 43.7. The van der Waals surface area contributed by atoms with Crippen LogP contribution in [0, 0.1) is 0 Å². The fourth-order valence-corrected chi connectivity index (χ4v) is 8.77. The molecule has 0 radical (unpaired) electrons. The van der Waals surface area contributed by atoms with Crippen molar-refractivity contribution >= 4 is 11.9 Å². The van der Waals surface area contributed by atoms with Crippen LogP contribution in [-0.2, 0) is 23.8 Å². The van der Waals surface area contributed by atoms with Gasteiger partial charge in [0.1, 0.15) is 24.4 Å². The van der Waals surface area contributed by atoms with Gasteiger partial charge in [-0.3, -0.25) is 9.59 Å². The highest BCUT2D eigenvalue weighted by Crippen LogP contribution is 2.26. The van der Waals surface area contributed by atoms with E-state index in [1.807, 2.05) is 12.2 Å². The minimum atomic E-state index is -1.62. The summed E-state index contributed by atoms with van der Waals surface area (Å²) in [5.74, 6) is -1.20. The number of nitrogens with one attached hydrogen (secondary N) is 1. The number of allylic oxidation sites excluding steroid dienone is 7. The van der Waals surface area contributed by atoms with Gasteiger partial charge in [-0.05, 0) is 44.9 Å². The summed E-state index contributed by atoms with van der Waals surface area (Å²) in [5, 5.41) is 56.8. The Balaban J connectivity index is 2.74. The van der Waals surface area contributed by atoms with Crippen LogP contribution >= 0.6 is 0 Å². The zero-order valence-electron chi connectivity index (χ0n) is 44.2. The first-order chi connectivity index (χ1) is 33.7. The van der Waals surface area contributed by atoms with E-state index in [0.29, 0.717) is 19.3 Å². The molecule has 0 saturated carbocycles. The van der Waals surface area contributed by atoms with Gasteiger partial charge in [0, 0.05) is 6.42 Å². The zero-order chi connectivity index (χ0) is 50.4. The highest BCUT2D eigenvalue weighted by Gasteiger charge is 2.47. The lowest BCUT2D eigenvalue weighted by Crippen LogP contribution is -2.61. The van der Waals surface area contributed by atoms with Gasteiger partial charge in [0.2, 0.25) is 5.91 Å². The van der Waals surface area contributed by atoms with E-state index in [1.165, 1.54) is 109 Å². The molecule has 1 heterocycles. The van der Waals surface area contributed by atoms with Crippen LogP contribution in [0.3, 0.4) is 0 Å². The third kappa shape index (κ3) is 35.4. The Morgan fingerprint density at radius 3 is 1.55 bits per heavy atom. The van der Waals surface area contributed by atoms with Crippen LogP contribution in [0.4, 0.5) is 0 Å². The molecule has 11 nitrogen and oxygen atoms in total. The Morgan fingerprint density at radius 2 is 1.04 bits per heavy atom. The van der Waals surface area contributed by atoms with Crippen molar-refractivity contribution in [3.05, 3.63) is 48.6 Å². The van der Waals surface area contributed by atoms with E-state index in [1.54, 1.807) is 6.08 Å². The van der Waals surface area contributed by atoms with Gasteiger partial charge in [0.15, 0.2) is 12.4 Å². The van der Waals surface area contributed by atoms with Crippen molar-refractivity contribution in [1.29, 1.82) is 0 Å². The summed E-state index contributed by atoms with van der Waals surface area (Å²) >= 11 is 0. The number of carbonyl (C=O) groups excluding carboxylic acids is 2. The number of ether oxygens (including phenoxy) is 3. The summed E-state index contributed by atoms with van der Waals surface area (Å²) in [7, 11) is 0. The van der Waals surface area contributed by atoms with Crippen LogP contribution < -0.4 is 5.32 Å². The average molecular weight is 976 g/mol. The molecule has 6 N–H and O–H groups in total. The molecule has 8 atom stereocenters. The second-order valence-corrected chi connectivity index (χ2v) is 19.7. The molecule has 69 heavy (non-hydrogen) atoms. The van der Waals surface area contributed by atoms with Crippen LogP contribution in [-0.4, -0.2) is 99.6 Å². The molecule has 1 aliphatic rings. The first-order valence-electron chi connectivity index (χ1n) is 28.4. The monoisotopic (exact) mass is 976 g/mol. The van der Waals surface area contributed by atoms with E-state index in [-0.39, 0.29) is 13.0 Å². The van der Waals surface area contributed by atoms with Crippen LogP contribution in [0.5, 0.6) is 0 Å². The van der Waals surface area contributed by atoms with Crippen LogP contribution in [0.1, 0.15) is 245 Å². The molecule has 0 spiro atoms. The van der Waals surface area contributed by atoms with Crippen molar-refractivity contribution in [3.63, 3.8) is 0 Å². The summed E-state index contributed by atoms with van der Waals surface area (Å²) < 4.78 is 17.6. The summed E-state index contributed by atoms with van der Waals surface area (Å²) in [6.45, 7) is 5.64. The topological polar surface area (TPSA) is 175 Å². The smallest absolute Gasteiger partial charge is 0.306 e. The third-order valence-electron chi connectivity index (χ3n) is 13.3. The normalized spacial score (nSPS) is 20.1. The molecule has 11 heteroatoms. The maximum absolute atomic E-state index is 13.4. The van der Waals surface area contributed by atoms with Gasteiger partial charge in [-0.2, -0.15) is 0 Å². The molecule has 0 aromatic carbocycles. The first kappa shape index (κ1) is 64.6. The van der Waals surface area contributed by atoms with Crippen molar-refractivity contribution in [2.45, 2.75) is 294 Å². The van der Waals surface area contributed by atoms with E-state index in [0.717, 1.165) is 89.9 Å². The number of rotatable bonds is 47. The maximum Gasteiger partial charge on any atom is 0.306 e. The lowest BCUT2D eigenvalue weighted by molar-refractivity contribution is -0.305. The van der Waals surface area contributed by atoms with Gasteiger partial charge < -0.3 is 45.1 Å². The maximum atomic E-state index is 13.4. The SMILES string of the molecule is CC/C=C/C=C/C=C/CCCCCCCCCC(=O)OC1C(OCC(NC(=O)C(O)CCCCCCCCCCCCCCC)C(O)/C=C/CCCCCCCCCCCC)OC(CO)C(O)C1O. The number of amides is 1. The predicted molar refractivity (Wildman–Crippen MR) is 283 cm³/mol. The minimum Gasteiger partial charge on any atom is -0.454 e. The second-order valence-electron chi connectivity index (χ2n) is 19.7. The van der Waals surface area contributed by atoms with Crippen molar-refractivity contribution < 1.29 is 49.3 Å². The molecular formula is C58H105NO10. The molecule has 8 unspecified atom stereocenters.